The maximum Gasteiger partial charge on any atom is 0.310 e. The van der Waals surface area contributed by atoms with E-state index in [1.54, 1.807) is 24.3 Å². The van der Waals surface area contributed by atoms with E-state index in [1.807, 2.05) is 0 Å². The molecule has 3 aliphatic rings. The summed E-state index contributed by atoms with van der Waals surface area (Å²) in [5.74, 6) is -0.369. The molecule has 32 heavy (non-hydrogen) atoms. The van der Waals surface area contributed by atoms with Crippen molar-refractivity contribution in [3.05, 3.63) is 40.8 Å². The molecule has 0 amide bonds. The molecule has 2 aliphatic carbocycles. The van der Waals surface area contributed by atoms with Gasteiger partial charge in [-0.05, 0) is 50.3 Å². The average molecular weight is 460 g/mol. The summed E-state index contributed by atoms with van der Waals surface area (Å²) in [6.45, 7) is 0.221. The number of nitrogens with zero attached hydrogens (tertiary/aromatic N) is 2. The van der Waals surface area contributed by atoms with Gasteiger partial charge in [0.05, 0.1) is 16.4 Å². The maximum absolute atomic E-state index is 13.5. The van der Waals surface area contributed by atoms with E-state index >= 15 is 0 Å². The third kappa shape index (κ3) is 3.47. The van der Waals surface area contributed by atoms with Crippen molar-refractivity contribution in [1.29, 1.82) is 0 Å². The predicted octanol–water partition coefficient (Wildman–Crippen LogP) is 2.34. The standard InChI is InChI=1S/C23H29N3O5S/c24-20-10-14-26(23(20)11-12-23)32(29,30)19-8-4-7-18-17(19)9-13-25(21(18)27)15-31-22(28)16-5-2-1-3-6-16/h4,7-9,13,16,20H,1-3,5-6,10-12,14-15,24H2/t20-/m1/s1. The second-order valence-corrected chi connectivity index (χ2v) is 11.1. The van der Waals surface area contributed by atoms with Crippen LogP contribution < -0.4 is 11.3 Å². The molecule has 2 aromatic rings. The molecule has 2 heterocycles. The number of esters is 1. The Bertz CT molecular complexity index is 1210. The van der Waals surface area contributed by atoms with E-state index in [2.05, 4.69) is 0 Å². The minimum absolute atomic E-state index is 0.0989. The van der Waals surface area contributed by atoms with Crippen LogP contribution in [0, 0.1) is 5.92 Å². The first-order valence-electron chi connectivity index (χ1n) is 11.4. The van der Waals surface area contributed by atoms with Crippen LogP contribution in [0.15, 0.2) is 40.2 Å². The lowest BCUT2D eigenvalue weighted by atomic mass is 9.89. The molecular formula is C23H29N3O5S. The van der Waals surface area contributed by atoms with Crippen molar-refractivity contribution in [2.45, 2.75) is 74.6 Å². The Balaban J connectivity index is 1.43. The first kappa shape index (κ1) is 21.6. The van der Waals surface area contributed by atoms with E-state index in [4.69, 9.17) is 10.5 Å². The van der Waals surface area contributed by atoms with Gasteiger partial charge in [0, 0.05) is 29.6 Å². The van der Waals surface area contributed by atoms with Crippen molar-refractivity contribution in [2.24, 2.45) is 11.7 Å². The van der Waals surface area contributed by atoms with Crippen LogP contribution in [0.1, 0.15) is 51.4 Å². The number of fused-ring (bicyclic) bond motifs is 1. The van der Waals surface area contributed by atoms with Gasteiger partial charge in [0.2, 0.25) is 10.0 Å². The molecule has 1 aromatic heterocycles. The minimum atomic E-state index is -3.79. The summed E-state index contributed by atoms with van der Waals surface area (Å²) in [5, 5.41) is 0.666. The lowest BCUT2D eigenvalue weighted by Crippen LogP contribution is -2.44. The van der Waals surface area contributed by atoms with Crippen molar-refractivity contribution >= 4 is 26.8 Å². The molecular weight excluding hydrogens is 430 g/mol. The highest BCUT2D eigenvalue weighted by Gasteiger charge is 2.60. The summed E-state index contributed by atoms with van der Waals surface area (Å²) in [5.41, 5.74) is 5.36. The van der Waals surface area contributed by atoms with Crippen molar-refractivity contribution in [1.82, 2.24) is 8.87 Å². The van der Waals surface area contributed by atoms with Crippen LogP contribution >= 0.6 is 0 Å². The summed E-state index contributed by atoms with van der Waals surface area (Å²) in [4.78, 5) is 25.5. The number of aromatic nitrogens is 1. The Labute approximate surface area is 187 Å². The van der Waals surface area contributed by atoms with E-state index in [0.29, 0.717) is 18.4 Å². The molecule has 1 aromatic carbocycles. The van der Waals surface area contributed by atoms with E-state index < -0.39 is 15.6 Å². The van der Waals surface area contributed by atoms with Gasteiger partial charge in [-0.2, -0.15) is 4.31 Å². The van der Waals surface area contributed by atoms with Gasteiger partial charge in [-0.25, -0.2) is 8.42 Å². The molecule has 172 valence electrons. The molecule has 9 heteroatoms. The van der Waals surface area contributed by atoms with Crippen LogP contribution in [0.25, 0.3) is 10.8 Å². The number of nitrogens with two attached hydrogens (primary N) is 1. The van der Waals surface area contributed by atoms with Crippen molar-refractivity contribution in [3.63, 3.8) is 0 Å². The summed E-state index contributed by atoms with van der Waals surface area (Å²) < 4.78 is 35.3. The van der Waals surface area contributed by atoms with Crippen LogP contribution in [0.4, 0.5) is 0 Å². The van der Waals surface area contributed by atoms with Gasteiger partial charge in [0.25, 0.3) is 5.56 Å². The number of rotatable bonds is 5. The predicted molar refractivity (Wildman–Crippen MR) is 119 cm³/mol. The summed E-state index contributed by atoms with van der Waals surface area (Å²) >= 11 is 0. The van der Waals surface area contributed by atoms with Gasteiger partial charge in [-0.1, -0.05) is 25.3 Å². The number of sulfonamides is 1. The van der Waals surface area contributed by atoms with Gasteiger partial charge in [-0.15, -0.1) is 0 Å². The quantitative estimate of drug-likeness (QED) is 0.687. The molecule has 2 N–H and O–H groups in total. The van der Waals surface area contributed by atoms with E-state index in [1.165, 1.54) is 15.1 Å². The molecule has 1 aliphatic heterocycles. The molecule has 3 fully saturated rings. The highest BCUT2D eigenvalue weighted by atomic mass is 32.2. The van der Waals surface area contributed by atoms with E-state index in [0.717, 1.165) is 44.9 Å². The number of hydrogen-bond donors (Lipinski definition) is 1. The van der Waals surface area contributed by atoms with Crippen molar-refractivity contribution in [2.75, 3.05) is 6.54 Å². The first-order valence-corrected chi connectivity index (χ1v) is 12.9. The fraction of sp³-hybridized carbons (Fsp3) is 0.565. The molecule has 0 unspecified atom stereocenters. The Morgan fingerprint density at radius 3 is 2.56 bits per heavy atom. The fourth-order valence-electron chi connectivity index (χ4n) is 5.36. The SMILES string of the molecule is N[C@@H]1CCN(S(=O)(=O)c2cccc3c(=O)n(COC(=O)C4CCCCC4)ccc23)C12CC2. The van der Waals surface area contributed by atoms with Gasteiger partial charge in [0.15, 0.2) is 6.73 Å². The molecule has 0 bridgehead atoms. The van der Waals surface area contributed by atoms with Gasteiger partial charge in [0.1, 0.15) is 0 Å². The Kier molecular flexibility index (Phi) is 5.38. The fourth-order valence-corrected chi connectivity index (χ4v) is 7.45. The van der Waals surface area contributed by atoms with Crippen LogP contribution in [-0.2, 0) is 26.3 Å². The topological polar surface area (TPSA) is 112 Å². The zero-order valence-corrected chi connectivity index (χ0v) is 18.9. The summed E-state index contributed by atoms with van der Waals surface area (Å²) in [7, 11) is -3.79. The van der Waals surface area contributed by atoms with Gasteiger partial charge >= 0.3 is 5.97 Å². The molecule has 0 radical (unpaired) electrons. The number of pyridine rings is 1. The van der Waals surface area contributed by atoms with Crippen LogP contribution in [-0.4, -0.2) is 41.4 Å². The van der Waals surface area contributed by atoms with Gasteiger partial charge in [-0.3, -0.25) is 14.2 Å². The third-order valence-electron chi connectivity index (χ3n) is 7.42. The van der Waals surface area contributed by atoms with Crippen LogP contribution in [0.3, 0.4) is 0 Å². The third-order valence-corrected chi connectivity index (χ3v) is 9.46. The van der Waals surface area contributed by atoms with Gasteiger partial charge < -0.3 is 10.5 Å². The molecule has 2 saturated carbocycles. The largest absolute Gasteiger partial charge is 0.444 e. The number of carbonyl (C=O) groups excluding carboxylic acids is 1. The molecule has 8 nitrogen and oxygen atoms in total. The molecule has 5 rings (SSSR count). The summed E-state index contributed by atoms with van der Waals surface area (Å²) in [6.07, 6.45) is 8.54. The van der Waals surface area contributed by atoms with Crippen molar-refractivity contribution in [3.8, 4) is 0 Å². The Hall–Kier alpha value is -2.23. The van der Waals surface area contributed by atoms with Crippen molar-refractivity contribution < 1.29 is 17.9 Å². The average Bonchev–Trinajstić information content (AvgIpc) is 3.53. The Morgan fingerprint density at radius 1 is 1.09 bits per heavy atom. The monoisotopic (exact) mass is 459 g/mol. The number of carbonyl (C=O) groups is 1. The zero-order valence-electron chi connectivity index (χ0n) is 18.0. The lowest BCUT2D eigenvalue weighted by Gasteiger charge is -2.26. The first-order chi connectivity index (χ1) is 15.3. The minimum Gasteiger partial charge on any atom is -0.444 e. The second kappa shape index (κ2) is 7.97. The number of ether oxygens (including phenoxy) is 1. The zero-order chi connectivity index (χ0) is 22.5. The lowest BCUT2D eigenvalue weighted by molar-refractivity contribution is -0.153. The second-order valence-electron chi connectivity index (χ2n) is 9.31. The van der Waals surface area contributed by atoms with Crippen LogP contribution in [0.5, 0.6) is 0 Å². The number of hydrogen-bond acceptors (Lipinski definition) is 6. The van der Waals surface area contributed by atoms with E-state index in [-0.39, 0.29) is 40.5 Å². The summed E-state index contributed by atoms with van der Waals surface area (Å²) in [6, 6.07) is 6.21. The highest BCUT2D eigenvalue weighted by Crippen LogP contribution is 2.51. The highest BCUT2D eigenvalue weighted by molar-refractivity contribution is 7.89. The van der Waals surface area contributed by atoms with E-state index in [9.17, 15) is 18.0 Å². The normalized spacial score (nSPS) is 23.6. The molecule has 1 atom stereocenters. The van der Waals surface area contributed by atoms with Crippen LogP contribution in [0.2, 0.25) is 0 Å². The number of benzene rings is 1. The Morgan fingerprint density at radius 2 is 1.84 bits per heavy atom. The smallest absolute Gasteiger partial charge is 0.310 e. The molecule has 1 spiro atoms. The maximum atomic E-state index is 13.5. The molecule has 1 saturated heterocycles.